The molecule has 0 saturated heterocycles. The molecule has 94 valence electrons. The maximum Gasteiger partial charge on any atom is 0.119 e. The van der Waals surface area contributed by atoms with E-state index in [2.05, 4.69) is 9.97 Å². The van der Waals surface area contributed by atoms with E-state index in [1.54, 1.807) is 12.4 Å². The highest BCUT2D eigenvalue weighted by molar-refractivity contribution is 7.99. The van der Waals surface area contributed by atoms with Crippen LogP contribution in [0, 0.1) is 0 Å². The molecule has 2 aromatic heterocycles. The normalized spacial score (nSPS) is 10.8. The summed E-state index contributed by atoms with van der Waals surface area (Å²) in [5.74, 6) is 0. The van der Waals surface area contributed by atoms with E-state index in [-0.39, 0.29) is 0 Å². The summed E-state index contributed by atoms with van der Waals surface area (Å²) < 4.78 is 0. The number of nitrogens with zero attached hydrogens (tertiary/aromatic N) is 2. The summed E-state index contributed by atoms with van der Waals surface area (Å²) in [6.07, 6.45) is 3.48. The van der Waals surface area contributed by atoms with E-state index in [9.17, 15) is 0 Å². The molecule has 0 unspecified atom stereocenters. The fourth-order valence-electron chi connectivity index (χ4n) is 1.80. The van der Waals surface area contributed by atoms with Crippen LogP contribution in [0.4, 0.5) is 5.69 Å². The average molecular weight is 288 g/mol. The van der Waals surface area contributed by atoms with Gasteiger partial charge >= 0.3 is 0 Å². The Morgan fingerprint density at radius 1 is 1.00 bits per heavy atom. The van der Waals surface area contributed by atoms with Gasteiger partial charge in [0.15, 0.2) is 0 Å². The van der Waals surface area contributed by atoms with Gasteiger partial charge in [0.2, 0.25) is 0 Å². The van der Waals surface area contributed by atoms with Gasteiger partial charge in [0, 0.05) is 28.4 Å². The molecule has 3 nitrogen and oxygen atoms in total. The Bertz CT molecular complexity index is 746. The predicted octanol–water partition coefficient (Wildman–Crippen LogP) is 4.02. The molecule has 0 atom stereocenters. The van der Waals surface area contributed by atoms with Crippen LogP contribution in [-0.2, 0) is 0 Å². The van der Waals surface area contributed by atoms with Crippen LogP contribution in [0.25, 0.3) is 10.9 Å². The monoisotopic (exact) mass is 287 g/mol. The lowest BCUT2D eigenvalue weighted by Gasteiger charge is -2.07. The molecule has 0 bridgehead atoms. The van der Waals surface area contributed by atoms with Crippen LogP contribution in [0.2, 0.25) is 5.02 Å². The molecule has 2 N–H and O–H groups in total. The third-order valence-electron chi connectivity index (χ3n) is 2.70. The number of benzene rings is 1. The Hall–Kier alpha value is -1.78. The summed E-state index contributed by atoms with van der Waals surface area (Å²) in [4.78, 5) is 9.66. The van der Waals surface area contributed by atoms with Crippen LogP contribution in [0.15, 0.2) is 58.7 Å². The third kappa shape index (κ3) is 2.37. The van der Waals surface area contributed by atoms with Crippen LogP contribution in [0.3, 0.4) is 0 Å². The van der Waals surface area contributed by atoms with Gasteiger partial charge < -0.3 is 5.73 Å². The quantitative estimate of drug-likeness (QED) is 0.723. The van der Waals surface area contributed by atoms with Crippen molar-refractivity contribution < 1.29 is 0 Å². The SMILES string of the molecule is Nc1ccc(Sc2ncccc2Cl)c2ncccc12. The number of hydrogen-bond donors (Lipinski definition) is 1. The number of nitrogens with two attached hydrogens (primary N) is 1. The second-order valence-corrected chi connectivity index (χ2v) is 5.38. The van der Waals surface area contributed by atoms with Crippen LogP contribution >= 0.6 is 23.4 Å². The Morgan fingerprint density at radius 3 is 2.63 bits per heavy atom. The first-order valence-corrected chi connectivity index (χ1v) is 6.87. The molecule has 2 heterocycles. The van der Waals surface area contributed by atoms with E-state index in [4.69, 9.17) is 17.3 Å². The fourth-order valence-corrected chi connectivity index (χ4v) is 2.92. The van der Waals surface area contributed by atoms with Gasteiger partial charge in [-0.05, 0) is 36.4 Å². The lowest BCUT2D eigenvalue weighted by atomic mass is 10.2. The minimum Gasteiger partial charge on any atom is -0.398 e. The second kappa shape index (κ2) is 5.07. The van der Waals surface area contributed by atoms with E-state index >= 15 is 0 Å². The number of hydrogen-bond acceptors (Lipinski definition) is 4. The number of halogens is 1. The van der Waals surface area contributed by atoms with E-state index in [1.807, 2.05) is 36.4 Å². The zero-order valence-electron chi connectivity index (χ0n) is 9.88. The van der Waals surface area contributed by atoms with Gasteiger partial charge in [-0.1, -0.05) is 23.4 Å². The molecule has 0 aliphatic heterocycles. The number of pyridine rings is 2. The minimum atomic E-state index is 0.633. The first-order valence-electron chi connectivity index (χ1n) is 5.67. The third-order valence-corrected chi connectivity index (χ3v) is 4.18. The van der Waals surface area contributed by atoms with Crippen LogP contribution in [-0.4, -0.2) is 9.97 Å². The summed E-state index contributed by atoms with van der Waals surface area (Å²) >= 11 is 7.62. The molecule has 0 radical (unpaired) electrons. The highest BCUT2D eigenvalue weighted by Gasteiger charge is 2.09. The van der Waals surface area contributed by atoms with E-state index in [0.717, 1.165) is 26.5 Å². The first kappa shape index (κ1) is 12.3. The molecule has 5 heteroatoms. The first-order chi connectivity index (χ1) is 9.25. The number of fused-ring (bicyclic) bond motifs is 1. The number of rotatable bonds is 2. The summed E-state index contributed by atoms with van der Waals surface area (Å²) in [5.41, 5.74) is 7.55. The van der Waals surface area contributed by atoms with Crippen molar-refractivity contribution in [2.24, 2.45) is 0 Å². The van der Waals surface area contributed by atoms with E-state index < -0.39 is 0 Å². The minimum absolute atomic E-state index is 0.633. The van der Waals surface area contributed by atoms with Crippen molar-refractivity contribution in [3.8, 4) is 0 Å². The molecule has 3 rings (SSSR count). The summed E-state index contributed by atoms with van der Waals surface area (Å²) in [6, 6.07) is 11.3. The standard InChI is InChI=1S/C14H10ClN3S/c15-10-4-2-8-18-14(10)19-12-6-5-11(16)9-3-1-7-17-13(9)12/h1-8H,16H2. The van der Waals surface area contributed by atoms with Gasteiger partial charge in [-0.25, -0.2) is 4.98 Å². The number of aromatic nitrogens is 2. The average Bonchev–Trinajstić information content (AvgIpc) is 2.44. The molecule has 3 aromatic rings. The molecule has 0 aliphatic carbocycles. The van der Waals surface area contributed by atoms with Gasteiger partial charge in [0.05, 0.1) is 10.5 Å². The molecule has 0 saturated carbocycles. The number of anilines is 1. The van der Waals surface area contributed by atoms with Gasteiger partial charge in [0.25, 0.3) is 0 Å². The Labute approximate surface area is 119 Å². The van der Waals surface area contributed by atoms with Crippen LogP contribution in [0.5, 0.6) is 0 Å². The van der Waals surface area contributed by atoms with Gasteiger partial charge in [-0.15, -0.1) is 0 Å². The predicted molar refractivity (Wildman–Crippen MR) is 79.5 cm³/mol. The van der Waals surface area contributed by atoms with Gasteiger partial charge in [-0.3, -0.25) is 4.98 Å². The Kier molecular flexibility index (Phi) is 3.27. The summed E-state index contributed by atoms with van der Waals surface area (Å²) in [5, 5.41) is 2.34. The smallest absolute Gasteiger partial charge is 0.119 e. The highest BCUT2D eigenvalue weighted by atomic mass is 35.5. The van der Waals surface area contributed by atoms with Crippen molar-refractivity contribution in [2.75, 3.05) is 5.73 Å². The molecule has 19 heavy (non-hydrogen) atoms. The van der Waals surface area contributed by atoms with Gasteiger partial charge in [0.1, 0.15) is 5.03 Å². The fraction of sp³-hybridized carbons (Fsp3) is 0. The van der Waals surface area contributed by atoms with Crippen molar-refractivity contribution >= 4 is 40.0 Å². The van der Waals surface area contributed by atoms with Crippen LogP contribution < -0.4 is 5.73 Å². The van der Waals surface area contributed by atoms with Crippen molar-refractivity contribution in [2.45, 2.75) is 9.92 Å². The van der Waals surface area contributed by atoms with Crippen molar-refractivity contribution in [1.82, 2.24) is 9.97 Å². The largest absolute Gasteiger partial charge is 0.398 e. The zero-order valence-corrected chi connectivity index (χ0v) is 11.4. The molecule has 1 aromatic carbocycles. The van der Waals surface area contributed by atoms with Crippen molar-refractivity contribution in [3.05, 3.63) is 53.8 Å². The van der Waals surface area contributed by atoms with E-state index in [1.165, 1.54) is 11.8 Å². The number of nitrogen functional groups attached to an aromatic ring is 1. The van der Waals surface area contributed by atoms with E-state index in [0.29, 0.717) is 5.02 Å². The maximum atomic E-state index is 6.13. The summed E-state index contributed by atoms with van der Waals surface area (Å²) in [7, 11) is 0. The second-order valence-electron chi connectivity index (χ2n) is 3.94. The Morgan fingerprint density at radius 2 is 1.79 bits per heavy atom. The summed E-state index contributed by atoms with van der Waals surface area (Å²) in [6.45, 7) is 0. The van der Waals surface area contributed by atoms with Gasteiger partial charge in [-0.2, -0.15) is 0 Å². The Balaban J connectivity index is 2.12. The maximum absolute atomic E-state index is 6.13. The lowest BCUT2D eigenvalue weighted by molar-refractivity contribution is 1.13. The highest BCUT2D eigenvalue weighted by Crippen LogP contribution is 2.36. The molecule has 0 aliphatic rings. The molecule has 0 spiro atoms. The molecular formula is C14H10ClN3S. The molecule has 0 amide bonds. The van der Waals surface area contributed by atoms with Crippen molar-refractivity contribution in [3.63, 3.8) is 0 Å². The zero-order chi connectivity index (χ0) is 13.2. The van der Waals surface area contributed by atoms with Crippen LogP contribution in [0.1, 0.15) is 0 Å². The van der Waals surface area contributed by atoms with Crippen molar-refractivity contribution in [1.29, 1.82) is 0 Å². The topological polar surface area (TPSA) is 51.8 Å². The lowest BCUT2D eigenvalue weighted by Crippen LogP contribution is -1.90. The molecule has 0 fully saturated rings. The molecular weight excluding hydrogens is 278 g/mol.